The zero-order valence-electron chi connectivity index (χ0n) is 10.9. The number of carbonyl (C=O) groups is 1. The lowest BCUT2D eigenvalue weighted by molar-refractivity contribution is -0.137. The van der Waals surface area contributed by atoms with E-state index in [1.165, 1.54) is 0 Å². The second-order valence-corrected chi connectivity index (χ2v) is 5.38. The highest BCUT2D eigenvalue weighted by Crippen LogP contribution is 2.47. The van der Waals surface area contributed by atoms with E-state index in [1.807, 2.05) is 11.8 Å². The summed E-state index contributed by atoms with van der Waals surface area (Å²) in [5.74, 6) is 0.144. The molecule has 1 atom stereocenters. The van der Waals surface area contributed by atoms with Crippen molar-refractivity contribution in [3.05, 3.63) is 0 Å². The summed E-state index contributed by atoms with van der Waals surface area (Å²) in [6.45, 7) is 5.33. The van der Waals surface area contributed by atoms with Crippen molar-refractivity contribution in [1.82, 2.24) is 10.2 Å². The fourth-order valence-electron chi connectivity index (χ4n) is 2.28. The van der Waals surface area contributed by atoms with Gasteiger partial charge in [0.1, 0.15) is 0 Å². The van der Waals surface area contributed by atoms with Crippen molar-refractivity contribution in [2.24, 2.45) is 5.41 Å². The Bertz CT molecular complexity index is 341. The van der Waals surface area contributed by atoms with E-state index in [4.69, 9.17) is 10.00 Å². The molecule has 5 nitrogen and oxygen atoms in total. The summed E-state index contributed by atoms with van der Waals surface area (Å²) in [6, 6.07) is 2.07. The van der Waals surface area contributed by atoms with Crippen molar-refractivity contribution < 1.29 is 9.53 Å². The predicted molar refractivity (Wildman–Crippen MR) is 66.8 cm³/mol. The minimum Gasteiger partial charge on any atom is -0.378 e. The molecule has 1 saturated heterocycles. The summed E-state index contributed by atoms with van der Waals surface area (Å²) >= 11 is 0. The van der Waals surface area contributed by atoms with Gasteiger partial charge in [-0.15, -0.1) is 0 Å². The number of hydrogen-bond donors (Lipinski definition) is 1. The molecule has 2 fully saturated rings. The first-order chi connectivity index (χ1) is 8.67. The normalized spacial score (nSPS) is 23.2. The topological polar surface area (TPSA) is 65.4 Å². The first-order valence-electron chi connectivity index (χ1n) is 6.64. The summed E-state index contributed by atoms with van der Waals surface area (Å²) < 4.78 is 5.24. The van der Waals surface area contributed by atoms with Crippen molar-refractivity contribution in [2.45, 2.75) is 32.2 Å². The third-order valence-electron chi connectivity index (χ3n) is 3.89. The number of nitrogens with one attached hydrogen (secondary N) is 1. The molecule has 1 aliphatic heterocycles. The molecule has 0 aromatic heterocycles. The average Bonchev–Trinajstić information content (AvgIpc) is 3.17. The Morgan fingerprint density at radius 2 is 2.17 bits per heavy atom. The van der Waals surface area contributed by atoms with E-state index in [0.717, 1.165) is 19.4 Å². The van der Waals surface area contributed by atoms with Crippen molar-refractivity contribution in [3.8, 4) is 6.07 Å². The highest BCUT2D eigenvalue weighted by Gasteiger charge is 2.42. The summed E-state index contributed by atoms with van der Waals surface area (Å²) in [5, 5.41) is 12.0. The van der Waals surface area contributed by atoms with Crippen LogP contribution in [-0.2, 0) is 9.53 Å². The third kappa shape index (κ3) is 3.21. The van der Waals surface area contributed by atoms with Crippen LogP contribution in [0.5, 0.6) is 0 Å². The molecule has 1 heterocycles. The number of hydrogen-bond acceptors (Lipinski definition) is 4. The Hall–Kier alpha value is -1.12. The highest BCUT2D eigenvalue weighted by molar-refractivity contribution is 5.81. The summed E-state index contributed by atoms with van der Waals surface area (Å²) in [7, 11) is 0. The number of amides is 1. The zero-order chi connectivity index (χ0) is 13.0. The third-order valence-corrected chi connectivity index (χ3v) is 3.89. The number of ether oxygens (including phenoxy) is 1. The lowest BCUT2D eigenvalue weighted by atomic mass is 10.0. The number of carbonyl (C=O) groups excluding carboxylic acids is 1. The largest absolute Gasteiger partial charge is 0.378 e. The van der Waals surface area contributed by atoms with E-state index < -0.39 is 0 Å². The maximum atomic E-state index is 12.1. The van der Waals surface area contributed by atoms with Crippen LogP contribution in [0.4, 0.5) is 0 Å². The number of nitrogens with zero attached hydrogens (tertiary/aromatic N) is 2. The van der Waals surface area contributed by atoms with E-state index in [-0.39, 0.29) is 17.4 Å². The Labute approximate surface area is 108 Å². The Morgan fingerprint density at radius 1 is 1.50 bits per heavy atom. The van der Waals surface area contributed by atoms with E-state index >= 15 is 0 Å². The van der Waals surface area contributed by atoms with Gasteiger partial charge in [-0.05, 0) is 25.2 Å². The van der Waals surface area contributed by atoms with E-state index in [1.54, 1.807) is 0 Å². The molecular formula is C13H21N3O2. The van der Waals surface area contributed by atoms with Crippen LogP contribution in [0.15, 0.2) is 0 Å². The van der Waals surface area contributed by atoms with Gasteiger partial charge in [0.05, 0.1) is 25.3 Å². The number of nitriles is 1. The predicted octanol–water partition coefficient (Wildman–Crippen LogP) is 0.517. The van der Waals surface area contributed by atoms with Gasteiger partial charge in [-0.2, -0.15) is 5.26 Å². The Kier molecular flexibility index (Phi) is 4.20. The van der Waals surface area contributed by atoms with Crippen LogP contribution in [0, 0.1) is 16.7 Å². The molecule has 0 spiro atoms. The molecule has 1 N–H and O–H groups in total. The number of rotatable bonds is 5. The molecule has 1 unspecified atom stereocenters. The minimum atomic E-state index is -0.167. The molecule has 5 heteroatoms. The fraction of sp³-hybridized carbons (Fsp3) is 0.846. The molecule has 2 rings (SSSR count). The zero-order valence-corrected chi connectivity index (χ0v) is 10.9. The van der Waals surface area contributed by atoms with Crippen molar-refractivity contribution in [3.63, 3.8) is 0 Å². The number of morpholine rings is 1. The van der Waals surface area contributed by atoms with Gasteiger partial charge in [0.25, 0.3) is 0 Å². The molecule has 1 amide bonds. The Morgan fingerprint density at radius 3 is 2.72 bits per heavy atom. The van der Waals surface area contributed by atoms with Crippen LogP contribution < -0.4 is 5.32 Å². The summed E-state index contributed by atoms with van der Waals surface area (Å²) in [6.07, 6.45) is 2.80. The highest BCUT2D eigenvalue weighted by atomic mass is 16.5. The van der Waals surface area contributed by atoms with Crippen molar-refractivity contribution >= 4 is 5.91 Å². The standard InChI is InChI=1S/C13H21N3O2/c1-11(12(17)16-6-8-18-9-7-16)15-10-13(2-3-13)4-5-14/h11,15H,2-4,6-10H2,1H3. The molecule has 0 radical (unpaired) electrons. The van der Waals surface area contributed by atoms with E-state index in [0.29, 0.717) is 32.7 Å². The van der Waals surface area contributed by atoms with Crippen molar-refractivity contribution in [2.75, 3.05) is 32.8 Å². The lowest BCUT2D eigenvalue weighted by Gasteiger charge is -2.30. The van der Waals surface area contributed by atoms with Crippen LogP contribution in [-0.4, -0.2) is 49.7 Å². The van der Waals surface area contributed by atoms with Gasteiger partial charge in [0, 0.05) is 26.1 Å². The van der Waals surface area contributed by atoms with Crippen LogP contribution >= 0.6 is 0 Å². The van der Waals surface area contributed by atoms with Gasteiger partial charge in [-0.1, -0.05) is 0 Å². The SMILES string of the molecule is CC(NCC1(CC#N)CC1)C(=O)N1CCOCC1. The molecule has 0 aromatic carbocycles. The molecule has 18 heavy (non-hydrogen) atoms. The first-order valence-corrected chi connectivity index (χ1v) is 6.64. The van der Waals surface area contributed by atoms with Crippen LogP contribution in [0.3, 0.4) is 0 Å². The van der Waals surface area contributed by atoms with Gasteiger partial charge in [-0.3, -0.25) is 4.79 Å². The second kappa shape index (κ2) is 5.68. The summed E-state index contributed by atoms with van der Waals surface area (Å²) in [4.78, 5) is 14.0. The van der Waals surface area contributed by atoms with Gasteiger partial charge in [0.2, 0.25) is 5.91 Å². The molecule has 100 valence electrons. The molecule has 0 aromatic rings. The van der Waals surface area contributed by atoms with Crippen LogP contribution in [0.2, 0.25) is 0 Å². The van der Waals surface area contributed by atoms with Crippen molar-refractivity contribution in [1.29, 1.82) is 5.26 Å². The van der Waals surface area contributed by atoms with Gasteiger partial charge in [0.15, 0.2) is 0 Å². The molecular weight excluding hydrogens is 230 g/mol. The fourth-order valence-corrected chi connectivity index (χ4v) is 2.28. The molecule has 1 saturated carbocycles. The van der Waals surface area contributed by atoms with E-state index in [2.05, 4.69) is 11.4 Å². The minimum absolute atomic E-state index is 0.144. The Balaban J connectivity index is 1.75. The summed E-state index contributed by atoms with van der Waals surface area (Å²) in [5.41, 5.74) is 0.147. The van der Waals surface area contributed by atoms with Gasteiger partial charge in [-0.25, -0.2) is 0 Å². The maximum Gasteiger partial charge on any atom is 0.239 e. The molecule has 0 bridgehead atoms. The molecule has 1 aliphatic carbocycles. The quantitative estimate of drug-likeness (QED) is 0.773. The monoisotopic (exact) mass is 251 g/mol. The van der Waals surface area contributed by atoms with Crippen LogP contribution in [0.25, 0.3) is 0 Å². The maximum absolute atomic E-state index is 12.1. The lowest BCUT2D eigenvalue weighted by Crippen LogP contribution is -2.50. The van der Waals surface area contributed by atoms with Gasteiger partial charge < -0.3 is 15.0 Å². The molecule has 2 aliphatic rings. The average molecular weight is 251 g/mol. The van der Waals surface area contributed by atoms with E-state index in [9.17, 15) is 4.79 Å². The second-order valence-electron chi connectivity index (χ2n) is 5.38. The smallest absolute Gasteiger partial charge is 0.239 e. The van der Waals surface area contributed by atoms with Gasteiger partial charge >= 0.3 is 0 Å². The first kappa shape index (κ1) is 13.3. The van der Waals surface area contributed by atoms with Crippen LogP contribution in [0.1, 0.15) is 26.2 Å².